The molecule has 15 heavy (non-hydrogen) atoms. The molecule has 0 aliphatic rings. The number of furan rings is 1. The Hall–Kier alpha value is -0.770. The zero-order chi connectivity index (χ0) is 11.6. The van der Waals surface area contributed by atoms with E-state index in [2.05, 4.69) is 22.9 Å². The summed E-state index contributed by atoms with van der Waals surface area (Å²) in [6, 6.07) is 3.40. The van der Waals surface area contributed by atoms with Gasteiger partial charge in [-0.1, -0.05) is 6.92 Å². The van der Waals surface area contributed by atoms with Crippen LogP contribution in [0.3, 0.4) is 0 Å². The molecule has 4 heteroatoms. The van der Waals surface area contributed by atoms with E-state index in [-0.39, 0.29) is 11.4 Å². The van der Waals surface area contributed by atoms with Gasteiger partial charge in [0.25, 0.3) is 5.91 Å². The molecule has 84 valence electrons. The Labute approximate surface area is 98.6 Å². The van der Waals surface area contributed by atoms with Crippen molar-refractivity contribution in [3.05, 3.63) is 22.6 Å². The first-order valence-electron chi connectivity index (χ1n) is 4.92. The van der Waals surface area contributed by atoms with Gasteiger partial charge in [-0.3, -0.25) is 4.79 Å². The molecule has 0 saturated heterocycles. The van der Waals surface area contributed by atoms with Crippen molar-refractivity contribution in [3.63, 3.8) is 0 Å². The Morgan fingerprint density at radius 1 is 1.53 bits per heavy atom. The number of nitrogens with zero attached hydrogens (tertiary/aromatic N) is 1. The molecule has 1 heterocycles. The third kappa shape index (κ3) is 2.62. The molecule has 1 rings (SSSR count). The highest BCUT2D eigenvalue weighted by Gasteiger charge is 2.27. The van der Waals surface area contributed by atoms with E-state index >= 15 is 0 Å². The number of rotatable bonds is 3. The first kappa shape index (κ1) is 12.3. The topological polar surface area (TPSA) is 33.5 Å². The summed E-state index contributed by atoms with van der Waals surface area (Å²) in [5.41, 5.74) is -0.156. The predicted molar refractivity (Wildman–Crippen MR) is 62.9 cm³/mol. The maximum absolute atomic E-state index is 12.0. The van der Waals surface area contributed by atoms with E-state index in [0.29, 0.717) is 10.4 Å². The van der Waals surface area contributed by atoms with Crippen molar-refractivity contribution < 1.29 is 9.21 Å². The van der Waals surface area contributed by atoms with Crippen LogP contribution >= 0.6 is 15.9 Å². The van der Waals surface area contributed by atoms with Crippen molar-refractivity contribution >= 4 is 21.8 Å². The molecule has 1 aromatic heterocycles. The highest BCUT2D eigenvalue weighted by atomic mass is 79.9. The number of hydrogen-bond acceptors (Lipinski definition) is 2. The average molecular weight is 274 g/mol. The fourth-order valence-corrected chi connectivity index (χ4v) is 1.41. The van der Waals surface area contributed by atoms with Crippen LogP contribution in [0.2, 0.25) is 0 Å². The van der Waals surface area contributed by atoms with Crippen molar-refractivity contribution in [2.24, 2.45) is 0 Å². The zero-order valence-corrected chi connectivity index (χ0v) is 11.1. The smallest absolute Gasteiger partial charge is 0.289 e. The molecule has 0 saturated carbocycles. The van der Waals surface area contributed by atoms with Crippen LogP contribution in [-0.2, 0) is 0 Å². The Morgan fingerprint density at radius 3 is 2.53 bits per heavy atom. The summed E-state index contributed by atoms with van der Waals surface area (Å²) in [4.78, 5) is 13.7. The maximum atomic E-state index is 12.0. The van der Waals surface area contributed by atoms with Crippen LogP contribution in [0.25, 0.3) is 0 Å². The van der Waals surface area contributed by atoms with Crippen molar-refractivity contribution in [3.8, 4) is 0 Å². The van der Waals surface area contributed by atoms with E-state index in [4.69, 9.17) is 4.42 Å². The van der Waals surface area contributed by atoms with Gasteiger partial charge in [-0.05, 0) is 48.3 Å². The lowest BCUT2D eigenvalue weighted by Crippen LogP contribution is -2.44. The van der Waals surface area contributed by atoms with Gasteiger partial charge in [-0.15, -0.1) is 0 Å². The summed E-state index contributed by atoms with van der Waals surface area (Å²) in [7, 11) is 1.79. The minimum atomic E-state index is -0.156. The van der Waals surface area contributed by atoms with Crippen LogP contribution in [0.5, 0.6) is 0 Å². The number of amides is 1. The van der Waals surface area contributed by atoms with E-state index in [1.807, 2.05) is 13.8 Å². The third-order valence-electron chi connectivity index (χ3n) is 2.86. The number of carbonyl (C=O) groups is 1. The summed E-state index contributed by atoms with van der Waals surface area (Å²) in [6.07, 6.45) is 0.900. The van der Waals surface area contributed by atoms with E-state index in [9.17, 15) is 4.79 Å². The second-order valence-electron chi connectivity index (χ2n) is 4.13. The monoisotopic (exact) mass is 273 g/mol. The summed E-state index contributed by atoms with van der Waals surface area (Å²) in [6.45, 7) is 6.12. The molecule has 0 aliphatic carbocycles. The first-order valence-corrected chi connectivity index (χ1v) is 5.71. The van der Waals surface area contributed by atoms with Gasteiger partial charge in [0.05, 0.1) is 0 Å². The van der Waals surface area contributed by atoms with Crippen molar-refractivity contribution in [2.75, 3.05) is 7.05 Å². The van der Waals surface area contributed by atoms with Crippen LogP contribution in [0, 0.1) is 0 Å². The van der Waals surface area contributed by atoms with Crippen molar-refractivity contribution in [1.82, 2.24) is 4.90 Å². The molecular weight excluding hydrogens is 258 g/mol. The van der Waals surface area contributed by atoms with Crippen LogP contribution in [0.15, 0.2) is 21.2 Å². The van der Waals surface area contributed by atoms with Crippen LogP contribution in [-0.4, -0.2) is 23.4 Å². The number of carbonyl (C=O) groups excluding carboxylic acids is 1. The number of halogens is 1. The van der Waals surface area contributed by atoms with Crippen molar-refractivity contribution in [2.45, 2.75) is 32.7 Å². The van der Waals surface area contributed by atoms with Gasteiger partial charge in [0.1, 0.15) is 0 Å². The lowest BCUT2D eigenvalue weighted by molar-refractivity contribution is 0.0586. The summed E-state index contributed by atoms with van der Waals surface area (Å²) < 4.78 is 5.81. The van der Waals surface area contributed by atoms with Crippen LogP contribution < -0.4 is 0 Å². The summed E-state index contributed by atoms with van der Waals surface area (Å²) >= 11 is 3.18. The molecule has 0 atom stereocenters. The molecule has 0 aliphatic heterocycles. The summed E-state index contributed by atoms with van der Waals surface area (Å²) in [5.74, 6) is 0.276. The molecule has 1 amide bonds. The summed E-state index contributed by atoms with van der Waals surface area (Å²) in [5, 5.41) is 0. The molecule has 0 bridgehead atoms. The zero-order valence-electron chi connectivity index (χ0n) is 9.50. The van der Waals surface area contributed by atoms with E-state index in [1.165, 1.54) is 0 Å². The average Bonchev–Trinajstić information content (AvgIpc) is 2.62. The van der Waals surface area contributed by atoms with Gasteiger partial charge >= 0.3 is 0 Å². The van der Waals surface area contributed by atoms with Gasteiger partial charge in [0.15, 0.2) is 10.4 Å². The Balaban J connectivity index is 2.86. The molecule has 0 unspecified atom stereocenters. The van der Waals surface area contributed by atoms with Crippen molar-refractivity contribution in [1.29, 1.82) is 0 Å². The molecular formula is C11H16BrNO2. The normalized spacial score (nSPS) is 11.5. The molecule has 0 N–H and O–H groups in total. The minimum absolute atomic E-state index is 0.0902. The Morgan fingerprint density at radius 2 is 2.13 bits per heavy atom. The highest BCUT2D eigenvalue weighted by molar-refractivity contribution is 9.10. The molecule has 0 fully saturated rings. The van der Waals surface area contributed by atoms with Gasteiger partial charge < -0.3 is 9.32 Å². The Bertz CT molecular complexity index is 357. The largest absolute Gasteiger partial charge is 0.444 e. The van der Waals surface area contributed by atoms with Crippen LogP contribution in [0.4, 0.5) is 0 Å². The van der Waals surface area contributed by atoms with Gasteiger partial charge in [0.2, 0.25) is 0 Å². The quantitative estimate of drug-likeness (QED) is 0.847. The van der Waals surface area contributed by atoms with Crippen LogP contribution in [0.1, 0.15) is 37.7 Å². The lowest BCUT2D eigenvalue weighted by atomic mass is 10.00. The standard InChI is InChI=1S/C11H16BrNO2/c1-5-11(2,3)13(4)10(14)8-6-7-9(12)15-8/h6-7H,5H2,1-4H3. The fourth-order valence-electron chi connectivity index (χ4n) is 1.11. The molecule has 0 aromatic carbocycles. The second kappa shape index (κ2) is 4.39. The first-order chi connectivity index (χ1) is 6.88. The Kier molecular flexibility index (Phi) is 3.60. The third-order valence-corrected chi connectivity index (χ3v) is 3.29. The lowest BCUT2D eigenvalue weighted by Gasteiger charge is -2.34. The molecule has 0 radical (unpaired) electrons. The van der Waals surface area contributed by atoms with Gasteiger partial charge in [-0.2, -0.15) is 0 Å². The van der Waals surface area contributed by atoms with E-state index in [0.717, 1.165) is 6.42 Å². The number of hydrogen-bond donors (Lipinski definition) is 0. The SMILES string of the molecule is CCC(C)(C)N(C)C(=O)c1ccc(Br)o1. The van der Waals surface area contributed by atoms with E-state index < -0.39 is 0 Å². The predicted octanol–water partition coefficient (Wildman–Crippen LogP) is 3.30. The fraction of sp³-hybridized carbons (Fsp3) is 0.545. The molecule has 1 aromatic rings. The maximum Gasteiger partial charge on any atom is 0.289 e. The van der Waals surface area contributed by atoms with E-state index in [1.54, 1.807) is 24.1 Å². The highest BCUT2D eigenvalue weighted by Crippen LogP contribution is 2.21. The molecule has 3 nitrogen and oxygen atoms in total. The van der Waals surface area contributed by atoms with Gasteiger partial charge in [-0.25, -0.2) is 0 Å². The second-order valence-corrected chi connectivity index (χ2v) is 4.92. The van der Waals surface area contributed by atoms with Gasteiger partial charge in [0, 0.05) is 12.6 Å². The molecule has 0 spiro atoms. The minimum Gasteiger partial charge on any atom is -0.444 e.